The van der Waals surface area contributed by atoms with E-state index in [1.54, 1.807) is 49.5 Å². The van der Waals surface area contributed by atoms with E-state index >= 15 is 0 Å². The average Bonchev–Trinajstić information content (AvgIpc) is 2.97. The molecule has 1 N–H and O–H groups in total. The highest BCUT2D eigenvalue weighted by molar-refractivity contribution is 8.15. The van der Waals surface area contributed by atoms with Crippen molar-refractivity contribution < 1.29 is 14.3 Å². The first-order valence-corrected chi connectivity index (χ1v) is 9.93. The number of hydrogen-bond donors (Lipinski definition) is 1. The zero-order valence-corrected chi connectivity index (χ0v) is 17.4. The molecule has 146 valence electrons. The lowest BCUT2D eigenvalue weighted by atomic mass is 10.3. The minimum atomic E-state index is -0.576. The number of imide groups is 1. The molecule has 28 heavy (non-hydrogen) atoms. The van der Waals surface area contributed by atoms with Gasteiger partial charge in [-0.05, 0) is 30.3 Å². The number of carbonyl (C=O) groups is 2. The molecular formula is C19H17Cl2N3O3S. The number of methoxy groups -OCH3 is 1. The van der Waals surface area contributed by atoms with Crippen LogP contribution in [0.15, 0.2) is 47.5 Å². The molecule has 1 aliphatic rings. The molecule has 3 rings (SSSR count). The topological polar surface area (TPSA) is 71.0 Å². The van der Waals surface area contributed by atoms with E-state index in [0.29, 0.717) is 32.3 Å². The number of carbonyl (C=O) groups excluding carboxylic acids is 2. The van der Waals surface area contributed by atoms with E-state index in [1.807, 2.05) is 0 Å². The molecule has 0 bridgehead atoms. The fourth-order valence-corrected chi connectivity index (χ4v) is 3.97. The zero-order valence-electron chi connectivity index (χ0n) is 15.1. The van der Waals surface area contributed by atoms with Crippen molar-refractivity contribution >= 4 is 63.3 Å². The van der Waals surface area contributed by atoms with Crippen molar-refractivity contribution in [2.24, 2.45) is 4.99 Å². The van der Waals surface area contributed by atoms with Gasteiger partial charge >= 0.3 is 0 Å². The van der Waals surface area contributed by atoms with E-state index in [0.717, 1.165) is 0 Å². The maximum Gasteiger partial charge on any atom is 0.247 e. The number of thioether (sulfide) groups is 1. The highest BCUT2D eigenvalue weighted by Gasteiger charge is 2.40. The number of amidine groups is 1. The molecule has 2 aromatic carbocycles. The van der Waals surface area contributed by atoms with Gasteiger partial charge < -0.3 is 10.1 Å². The van der Waals surface area contributed by atoms with E-state index in [1.165, 1.54) is 23.8 Å². The van der Waals surface area contributed by atoms with Crippen LogP contribution in [0.4, 0.5) is 11.4 Å². The Morgan fingerprint density at radius 3 is 2.68 bits per heavy atom. The molecule has 1 saturated heterocycles. The predicted molar refractivity (Wildman–Crippen MR) is 115 cm³/mol. The number of aliphatic imine (C=N–C) groups is 1. The van der Waals surface area contributed by atoms with Crippen LogP contribution in [-0.2, 0) is 9.59 Å². The third-order valence-corrected chi connectivity index (χ3v) is 5.94. The lowest BCUT2D eigenvalue weighted by Gasteiger charge is -2.16. The van der Waals surface area contributed by atoms with Gasteiger partial charge in [0, 0.05) is 25.2 Å². The quantitative estimate of drug-likeness (QED) is 0.434. The molecule has 2 amide bonds. The molecule has 6 nitrogen and oxygen atoms in total. The SMILES string of the molecule is CN=C(Nc1ccc(Cl)c(Cl)c1)S[C@H]1CC(=O)N(c2cccc(OC)c2)C1=O. The van der Waals surface area contributed by atoms with Crippen molar-refractivity contribution in [3.8, 4) is 5.75 Å². The van der Waals surface area contributed by atoms with Gasteiger partial charge in [0.15, 0.2) is 5.17 Å². The van der Waals surface area contributed by atoms with Gasteiger partial charge in [0.2, 0.25) is 11.8 Å². The van der Waals surface area contributed by atoms with Crippen LogP contribution in [0.5, 0.6) is 5.75 Å². The summed E-state index contributed by atoms with van der Waals surface area (Å²) in [6.07, 6.45) is 0.0861. The Kier molecular flexibility index (Phi) is 6.49. The Morgan fingerprint density at radius 1 is 1.21 bits per heavy atom. The van der Waals surface area contributed by atoms with E-state index in [9.17, 15) is 9.59 Å². The molecule has 1 aliphatic heterocycles. The first kappa shape index (κ1) is 20.5. The molecule has 1 heterocycles. The number of nitrogens with one attached hydrogen (secondary N) is 1. The standard InChI is InChI=1S/C19H17Cl2N3O3S/c1-22-19(23-11-6-7-14(20)15(21)8-11)28-16-10-17(25)24(18(16)26)12-4-3-5-13(9-12)27-2/h3-9,16H,10H2,1-2H3,(H,22,23)/t16-/m0/s1. The first-order valence-electron chi connectivity index (χ1n) is 8.29. The number of benzene rings is 2. The highest BCUT2D eigenvalue weighted by atomic mass is 35.5. The summed E-state index contributed by atoms with van der Waals surface area (Å²) in [4.78, 5) is 30.7. The van der Waals surface area contributed by atoms with Crippen LogP contribution in [0.1, 0.15) is 6.42 Å². The summed E-state index contributed by atoms with van der Waals surface area (Å²) in [5, 5.41) is 3.87. The lowest BCUT2D eigenvalue weighted by Crippen LogP contribution is -2.31. The second-order valence-electron chi connectivity index (χ2n) is 5.86. The molecule has 0 aromatic heterocycles. The van der Waals surface area contributed by atoms with Crippen LogP contribution < -0.4 is 15.0 Å². The minimum absolute atomic E-state index is 0.0861. The van der Waals surface area contributed by atoms with Gasteiger partial charge in [-0.1, -0.05) is 41.0 Å². The minimum Gasteiger partial charge on any atom is -0.497 e. The summed E-state index contributed by atoms with van der Waals surface area (Å²) in [7, 11) is 3.14. The predicted octanol–water partition coefficient (Wildman–Crippen LogP) is 4.47. The molecule has 0 radical (unpaired) electrons. The van der Waals surface area contributed by atoms with Crippen LogP contribution >= 0.6 is 35.0 Å². The largest absolute Gasteiger partial charge is 0.497 e. The van der Waals surface area contributed by atoms with Crippen LogP contribution in [0, 0.1) is 0 Å². The summed E-state index contributed by atoms with van der Waals surface area (Å²) in [5.41, 5.74) is 1.17. The van der Waals surface area contributed by atoms with Crippen molar-refractivity contribution in [2.75, 3.05) is 24.4 Å². The second kappa shape index (κ2) is 8.86. The smallest absolute Gasteiger partial charge is 0.247 e. The van der Waals surface area contributed by atoms with E-state index in [4.69, 9.17) is 27.9 Å². The zero-order chi connectivity index (χ0) is 20.3. The first-order chi connectivity index (χ1) is 13.4. The van der Waals surface area contributed by atoms with Crippen molar-refractivity contribution in [3.63, 3.8) is 0 Å². The van der Waals surface area contributed by atoms with Gasteiger partial charge in [-0.2, -0.15) is 0 Å². The molecule has 0 saturated carbocycles. The van der Waals surface area contributed by atoms with Crippen LogP contribution in [0.3, 0.4) is 0 Å². The molecule has 0 aliphatic carbocycles. The number of nitrogens with zero attached hydrogens (tertiary/aromatic N) is 2. The number of ether oxygens (including phenoxy) is 1. The molecule has 1 atom stereocenters. The summed E-state index contributed by atoms with van der Waals surface area (Å²) in [6, 6.07) is 11.9. The fourth-order valence-electron chi connectivity index (χ4n) is 2.69. The number of rotatable bonds is 4. The number of hydrogen-bond acceptors (Lipinski definition) is 5. The van der Waals surface area contributed by atoms with Crippen molar-refractivity contribution in [2.45, 2.75) is 11.7 Å². The Hall–Kier alpha value is -2.22. The van der Waals surface area contributed by atoms with Gasteiger partial charge in [-0.3, -0.25) is 14.6 Å². The lowest BCUT2D eigenvalue weighted by molar-refractivity contribution is -0.121. The number of amides is 2. The average molecular weight is 438 g/mol. The summed E-state index contributed by atoms with van der Waals surface area (Å²) in [5.74, 6) is 0.0207. The normalized spacial score (nSPS) is 17.2. The van der Waals surface area contributed by atoms with Crippen molar-refractivity contribution in [1.82, 2.24) is 0 Å². The van der Waals surface area contributed by atoms with Crippen molar-refractivity contribution in [1.29, 1.82) is 0 Å². The Morgan fingerprint density at radius 2 is 2.00 bits per heavy atom. The molecular weight excluding hydrogens is 421 g/mol. The molecule has 9 heteroatoms. The van der Waals surface area contributed by atoms with Gasteiger partial charge in [0.05, 0.1) is 22.8 Å². The van der Waals surface area contributed by atoms with Gasteiger partial charge in [-0.15, -0.1) is 0 Å². The maximum atomic E-state index is 12.8. The summed E-state index contributed by atoms with van der Waals surface area (Å²) >= 11 is 13.2. The molecule has 1 fully saturated rings. The van der Waals surface area contributed by atoms with E-state index in [-0.39, 0.29) is 18.2 Å². The maximum absolute atomic E-state index is 12.8. The van der Waals surface area contributed by atoms with Gasteiger partial charge in [0.1, 0.15) is 11.0 Å². The second-order valence-corrected chi connectivity index (χ2v) is 7.87. The Labute approximate surface area is 176 Å². The van der Waals surface area contributed by atoms with E-state index < -0.39 is 5.25 Å². The Bertz CT molecular complexity index is 952. The van der Waals surface area contributed by atoms with Crippen LogP contribution in [-0.4, -0.2) is 36.4 Å². The third kappa shape index (κ3) is 4.43. The molecule has 0 unspecified atom stereocenters. The Balaban J connectivity index is 1.73. The monoisotopic (exact) mass is 437 g/mol. The van der Waals surface area contributed by atoms with E-state index in [2.05, 4.69) is 10.3 Å². The van der Waals surface area contributed by atoms with Gasteiger partial charge in [-0.25, -0.2) is 4.90 Å². The van der Waals surface area contributed by atoms with Crippen molar-refractivity contribution in [3.05, 3.63) is 52.5 Å². The van der Waals surface area contributed by atoms with Gasteiger partial charge in [0.25, 0.3) is 0 Å². The highest BCUT2D eigenvalue weighted by Crippen LogP contribution is 2.32. The fraction of sp³-hybridized carbons (Fsp3) is 0.211. The summed E-state index contributed by atoms with van der Waals surface area (Å²) < 4.78 is 5.17. The third-order valence-electron chi connectivity index (χ3n) is 4.04. The van der Waals surface area contributed by atoms with Crippen LogP contribution in [0.25, 0.3) is 0 Å². The number of anilines is 2. The van der Waals surface area contributed by atoms with Crippen LogP contribution in [0.2, 0.25) is 10.0 Å². The number of halogens is 2. The summed E-state index contributed by atoms with van der Waals surface area (Å²) in [6.45, 7) is 0. The molecule has 2 aromatic rings. The molecule has 0 spiro atoms.